The first-order valence-corrected chi connectivity index (χ1v) is 8.15. The SMILES string of the molecule is CCC(CC)NC(=O)C(C)NC1(CO)CCCC(C)C1. The lowest BCUT2D eigenvalue weighted by Crippen LogP contribution is -2.58. The Morgan fingerprint density at radius 2 is 2.05 bits per heavy atom. The van der Waals surface area contributed by atoms with Crippen molar-refractivity contribution in [3.8, 4) is 0 Å². The second kappa shape index (κ2) is 7.99. The number of hydrogen-bond acceptors (Lipinski definition) is 3. The molecule has 0 radical (unpaired) electrons. The van der Waals surface area contributed by atoms with Gasteiger partial charge in [-0.3, -0.25) is 10.1 Å². The van der Waals surface area contributed by atoms with Gasteiger partial charge in [-0.1, -0.05) is 33.6 Å². The summed E-state index contributed by atoms with van der Waals surface area (Å²) in [6.07, 6.45) is 6.16. The van der Waals surface area contributed by atoms with Gasteiger partial charge in [0.1, 0.15) is 0 Å². The number of nitrogens with one attached hydrogen (secondary N) is 2. The van der Waals surface area contributed by atoms with Crippen molar-refractivity contribution in [2.24, 2.45) is 5.92 Å². The third-order valence-corrected chi connectivity index (χ3v) is 4.64. The summed E-state index contributed by atoms with van der Waals surface area (Å²) >= 11 is 0. The lowest BCUT2D eigenvalue weighted by molar-refractivity contribution is -0.124. The van der Waals surface area contributed by atoms with Crippen molar-refractivity contribution in [1.82, 2.24) is 10.6 Å². The van der Waals surface area contributed by atoms with Gasteiger partial charge in [0, 0.05) is 11.6 Å². The smallest absolute Gasteiger partial charge is 0.237 e. The molecule has 0 aromatic carbocycles. The minimum absolute atomic E-state index is 0.0461. The van der Waals surface area contributed by atoms with Gasteiger partial charge in [-0.25, -0.2) is 0 Å². The fourth-order valence-electron chi connectivity index (χ4n) is 3.32. The van der Waals surface area contributed by atoms with Gasteiger partial charge in [0.15, 0.2) is 0 Å². The highest BCUT2D eigenvalue weighted by atomic mass is 16.3. The van der Waals surface area contributed by atoms with Crippen LogP contribution in [0.1, 0.15) is 66.2 Å². The zero-order valence-corrected chi connectivity index (χ0v) is 13.5. The lowest BCUT2D eigenvalue weighted by Gasteiger charge is -2.41. The lowest BCUT2D eigenvalue weighted by atomic mass is 9.76. The normalized spacial score (nSPS) is 28.4. The second-order valence-electron chi connectivity index (χ2n) is 6.53. The minimum atomic E-state index is -0.275. The average molecular weight is 284 g/mol. The summed E-state index contributed by atoms with van der Waals surface area (Å²) < 4.78 is 0. The van der Waals surface area contributed by atoms with Crippen molar-refractivity contribution in [2.75, 3.05) is 6.61 Å². The van der Waals surface area contributed by atoms with Gasteiger partial charge in [-0.2, -0.15) is 0 Å². The molecule has 0 heterocycles. The van der Waals surface area contributed by atoms with Crippen molar-refractivity contribution in [3.05, 3.63) is 0 Å². The number of aliphatic hydroxyl groups is 1. The number of aliphatic hydroxyl groups excluding tert-OH is 1. The summed E-state index contributed by atoms with van der Waals surface area (Å²) in [7, 11) is 0. The molecule has 1 amide bonds. The van der Waals surface area contributed by atoms with Crippen LogP contribution in [-0.4, -0.2) is 35.2 Å². The molecule has 1 saturated carbocycles. The van der Waals surface area contributed by atoms with Gasteiger partial charge in [0.05, 0.1) is 12.6 Å². The Labute approximate surface area is 123 Å². The van der Waals surface area contributed by atoms with Gasteiger partial charge in [-0.15, -0.1) is 0 Å². The molecule has 3 unspecified atom stereocenters. The molecule has 3 atom stereocenters. The maximum atomic E-state index is 12.2. The molecule has 0 spiro atoms. The molecule has 1 fully saturated rings. The van der Waals surface area contributed by atoms with Crippen molar-refractivity contribution < 1.29 is 9.90 Å². The monoisotopic (exact) mass is 284 g/mol. The number of carbonyl (C=O) groups is 1. The third-order valence-electron chi connectivity index (χ3n) is 4.64. The fourth-order valence-corrected chi connectivity index (χ4v) is 3.32. The molecule has 0 bridgehead atoms. The van der Waals surface area contributed by atoms with Gasteiger partial charge in [-0.05, 0) is 38.5 Å². The quantitative estimate of drug-likeness (QED) is 0.672. The molecule has 0 aliphatic heterocycles. The van der Waals surface area contributed by atoms with Crippen LogP contribution in [0.5, 0.6) is 0 Å². The molecule has 0 saturated heterocycles. The number of hydrogen-bond donors (Lipinski definition) is 3. The molecule has 1 aliphatic carbocycles. The van der Waals surface area contributed by atoms with Crippen LogP contribution in [-0.2, 0) is 4.79 Å². The van der Waals surface area contributed by atoms with Crippen LogP contribution >= 0.6 is 0 Å². The van der Waals surface area contributed by atoms with Crippen LogP contribution in [0.2, 0.25) is 0 Å². The largest absolute Gasteiger partial charge is 0.394 e. The molecular formula is C16H32N2O2. The van der Waals surface area contributed by atoms with Crippen LogP contribution in [0, 0.1) is 5.92 Å². The Balaban J connectivity index is 2.58. The van der Waals surface area contributed by atoms with E-state index < -0.39 is 0 Å². The first-order chi connectivity index (χ1) is 9.46. The molecular weight excluding hydrogens is 252 g/mol. The van der Waals surface area contributed by atoms with E-state index in [1.54, 1.807) is 0 Å². The summed E-state index contributed by atoms with van der Waals surface area (Å²) in [5, 5.41) is 16.2. The Kier molecular flexibility index (Phi) is 6.96. The van der Waals surface area contributed by atoms with E-state index in [2.05, 4.69) is 31.4 Å². The van der Waals surface area contributed by atoms with Gasteiger partial charge >= 0.3 is 0 Å². The Hall–Kier alpha value is -0.610. The van der Waals surface area contributed by atoms with E-state index >= 15 is 0 Å². The summed E-state index contributed by atoms with van der Waals surface area (Å²) in [6.45, 7) is 8.41. The number of amides is 1. The standard InChI is InChI=1S/C16H32N2O2/c1-5-14(6-2)17-15(20)13(4)18-16(11-19)9-7-8-12(3)10-16/h12-14,18-19H,5-11H2,1-4H3,(H,17,20). The molecule has 4 nitrogen and oxygen atoms in total. The van der Waals surface area contributed by atoms with Crippen LogP contribution in [0.3, 0.4) is 0 Å². The summed E-state index contributed by atoms with van der Waals surface area (Å²) in [5.74, 6) is 0.655. The van der Waals surface area contributed by atoms with Gasteiger partial charge in [0.2, 0.25) is 5.91 Å². The molecule has 20 heavy (non-hydrogen) atoms. The van der Waals surface area contributed by atoms with Crippen LogP contribution in [0.15, 0.2) is 0 Å². The topological polar surface area (TPSA) is 61.4 Å². The van der Waals surface area contributed by atoms with Gasteiger partial charge < -0.3 is 10.4 Å². The Morgan fingerprint density at radius 1 is 1.40 bits per heavy atom. The van der Waals surface area contributed by atoms with Gasteiger partial charge in [0.25, 0.3) is 0 Å². The van der Waals surface area contributed by atoms with Crippen LogP contribution in [0.25, 0.3) is 0 Å². The van der Waals surface area contributed by atoms with E-state index in [9.17, 15) is 9.90 Å². The van der Waals surface area contributed by atoms with Crippen LogP contribution < -0.4 is 10.6 Å². The molecule has 118 valence electrons. The first-order valence-electron chi connectivity index (χ1n) is 8.15. The van der Waals surface area contributed by atoms with Crippen molar-refractivity contribution in [1.29, 1.82) is 0 Å². The predicted octanol–water partition coefficient (Wildman–Crippen LogP) is 2.21. The van der Waals surface area contributed by atoms with E-state index in [4.69, 9.17) is 0 Å². The maximum absolute atomic E-state index is 12.2. The summed E-state index contributed by atoms with van der Waals surface area (Å²) in [4.78, 5) is 12.2. The van der Waals surface area contributed by atoms with E-state index in [0.29, 0.717) is 5.92 Å². The highest BCUT2D eigenvalue weighted by Gasteiger charge is 2.36. The summed E-state index contributed by atoms with van der Waals surface area (Å²) in [5.41, 5.74) is -0.275. The minimum Gasteiger partial charge on any atom is -0.394 e. The van der Waals surface area contributed by atoms with E-state index in [0.717, 1.165) is 32.1 Å². The maximum Gasteiger partial charge on any atom is 0.237 e. The molecule has 0 aromatic heterocycles. The Bertz CT molecular complexity index is 305. The van der Waals surface area contributed by atoms with Crippen LogP contribution in [0.4, 0.5) is 0 Å². The van der Waals surface area contributed by atoms with E-state index in [1.807, 2.05) is 6.92 Å². The van der Waals surface area contributed by atoms with E-state index in [-0.39, 0.29) is 30.1 Å². The highest BCUT2D eigenvalue weighted by Crippen LogP contribution is 2.32. The first kappa shape index (κ1) is 17.4. The third kappa shape index (κ3) is 4.74. The van der Waals surface area contributed by atoms with Crippen molar-refractivity contribution >= 4 is 5.91 Å². The second-order valence-corrected chi connectivity index (χ2v) is 6.53. The molecule has 1 aliphatic rings. The highest BCUT2D eigenvalue weighted by molar-refractivity contribution is 5.81. The predicted molar refractivity (Wildman–Crippen MR) is 82.6 cm³/mol. The van der Waals surface area contributed by atoms with Crippen molar-refractivity contribution in [3.63, 3.8) is 0 Å². The number of rotatable bonds is 7. The molecule has 4 heteroatoms. The zero-order chi connectivity index (χ0) is 15.2. The fraction of sp³-hybridized carbons (Fsp3) is 0.938. The Morgan fingerprint density at radius 3 is 2.55 bits per heavy atom. The van der Waals surface area contributed by atoms with Crippen molar-refractivity contribution in [2.45, 2.75) is 83.8 Å². The molecule has 1 rings (SSSR count). The molecule has 3 N–H and O–H groups in total. The zero-order valence-electron chi connectivity index (χ0n) is 13.5. The molecule has 0 aromatic rings. The summed E-state index contributed by atoms with van der Waals surface area (Å²) in [6, 6.07) is -0.00449. The van der Waals surface area contributed by atoms with E-state index in [1.165, 1.54) is 6.42 Å². The average Bonchev–Trinajstić information content (AvgIpc) is 2.44. The number of carbonyl (C=O) groups excluding carboxylic acids is 1.